The second-order valence-electron chi connectivity index (χ2n) is 4.37. The van der Waals surface area contributed by atoms with E-state index in [-0.39, 0.29) is 18.6 Å². The van der Waals surface area contributed by atoms with E-state index in [9.17, 15) is 0 Å². The zero-order valence-corrected chi connectivity index (χ0v) is 12.6. The van der Waals surface area contributed by atoms with Gasteiger partial charge in [-0.1, -0.05) is 5.92 Å². The van der Waals surface area contributed by atoms with Gasteiger partial charge in [0, 0.05) is 14.1 Å². The molecule has 2 rings (SSSR count). The second-order valence-corrected chi connectivity index (χ2v) is 4.37. The first-order valence-corrected chi connectivity index (χ1v) is 6.44. The summed E-state index contributed by atoms with van der Waals surface area (Å²) in [5, 5.41) is 0. The summed E-state index contributed by atoms with van der Waals surface area (Å²) in [5.74, 6) is 4.06. The van der Waals surface area contributed by atoms with E-state index in [0.717, 1.165) is 0 Å². The van der Waals surface area contributed by atoms with Gasteiger partial charge in [0.25, 0.3) is 0 Å². The molecule has 0 bridgehead atoms. The van der Waals surface area contributed by atoms with E-state index in [1.807, 2.05) is 14.1 Å². The Labute approximate surface area is 128 Å². The monoisotopic (exact) mass is 300 g/mol. The zero-order chi connectivity index (χ0) is 15.9. The van der Waals surface area contributed by atoms with Crippen molar-refractivity contribution in [3.05, 3.63) is 24.3 Å². The molecule has 7 nitrogen and oxygen atoms in total. The molecule has 0 unspecified atom stereocenters. The molecule has 7 heteroatoms. The van der Waals surface area contributed by atoms with E-state index in [1.54, 1.807) is 29.2 Å². The lowest BCUT2D eigenvalue weighted by atomic mass is 10.3. The predicted molar refractivity (Wildman–Crippen MR) is 81.6 cm³/mol. The highest BCUT2D eigenvalue weighted by Gasteiger charge is 2.10. The van der Waals surface area contributed by atoms with Gasteiger partial charge in [0.1, 0.15) is 18.1 Å². The maximum Gasteiger partial charge on any atom is 0.330 e. The van der Waals surface area contributed by atoms with Gasteiger partial charge >= 0.3 is 12.0 Å². The molecule has 1 aromatic heterocycles. The molecule has 1 heterocycles. The highest BCUT2D eigenvalue weighted by molar-refractivity contribution is 5.34. The molecule has 0 radical (unpaired) electrons. The molecule has 1 aromatic carbocycles. The first kappa shape index (κ1) is 15.4. The molecule has 0 saturated carbocycles. The lowest BCUT2D eigenvalue weighted by molar-refractivity contribution is 0.357. The smallest absolute Gasteiger partial charge is 0.330 e. The van der Waals surface area contributed by atoms with Crippen LogP contribution < -0.4 is 19.1 Å². The van der Waals surface area contributed by atoms with E-state index in [2.05, 4.69) is 20.9 Å². The topological polar surface area (TPSA) is 69.6 Å². The molecule has 0 aliphatic carbocycles. The molecule has 0 aliphatic rings. The Morgan fingerprint density at radius 2 is 1.68 bits per heavy atom. The van der Waals surface area contributed by atoms with Gasteiger partial charge in [-0.15, -0.1) is 11.4 Å². The number of nitrogens with zero attached hydrogens (tertiary/aromatic N) is 4. The van der Waals surface area contributed by atoms with Gasteiger partial charge in [0.2, 0.25) is 5.95 Å². The summed E-state index contributed by atoms with van der Waals surface area (Å²) in [7, 11) is 5.11. The summed E-state index contributed by atoms with van der Waals surface area (Å²) < 4.78 is 15.9. The van der Waals surface area contributed by atoms with Crippen LogP contribution in [-0.2, 0) is 0 Å². The van der Waals surface area contributed by atoms with Crippen molar-refractivity contribution in [2.24, 2.45) is 0 Å². The van der Waals surface area contributed by atoms with Crippen molar-refractivity contribution in [1.29, 1.82) is 0 Å². The fraction of sp³-hybridized carbons (Fsp3) is 0.267. The summed E-state index contributed by atoms with van der Waals surface area (Å²) in [6, 6.07) is 7.29. The summed E-state index contributed by atoms with van der Waals surface area (Å²) in [5.41, 5.74) is 0. The van der Waals surface area contributed by atoms with Gasteiger partial charge in [0.05, 0.1) is 7.11 Å². The minimum Gasteiger partial charge on any atom is -0.481 e. The molecule has 0 atom stereocenters. The van der Waals surface area contributed by atoms with Crippen LogP contribution in [0.25, 0.3) is 0 Å². The minimum atomic E-state index is 0.146. The Hall–Kier alpha value is -3.01. The standard InChI is InChI=1S/C15H16N4O3/c1-5-10-21-11-6-8-12(9-7-11)22-15-17-13(19(2)3)16-14(18-15)20-4/h1,6-9H,10H2,2-4H3. The molecular formula is C15H16N4O3. The summed E-state index contributed by atoms with van der Waals surface area (Å²) in [6.07, 6.45) is 5.14. The van der Waals surface area contributed by atoms with E-state index < -0.39 is 0 Å². The molecule has 2 aromatic rings. The molecular weight excluding hydrogens is 284 g/mol. The quantitative estimate of drug-likeness (QED) is 0.753. The maximum atomic E-state index is 5.61. The number of ether oxygens (including phenoxy) is 3. The minimum absolute atomic E-state index is 0.146. The molecule has 0 amide bonds. The van der Waals surface area contributed by atoms with Crippen molar-refractivity contribution in [3.63, 3.8) is 0 Å². The van der Waals surface area contributed by atoms with Gasteiger partial charge in [0.15, 0.2) is 0 Å². The van der Waals surface area contributed by atoms with Crippen molar-refractivity contribution in [2.45, 2.75) is 0 Å². The van der Waals surface area contributed by atoms with Gasteiger partial charge in [-0.2, -0.15) is 9.97 Å². The number of methoxy groups -OCH3 is 1. The molecule has 114 valence electrons. The average Bonchev–Trinajstić information content (AvgIpc) is 2.53. The molecule has 0 spiro atoms. The first-order chi connectivity index (χ1) is 10.6. The number of hydrogen-bond donors (Lipinski definition) is 0. The van der Waals surface area contributed by atoms with Gasteiger partial charge in [-0.25, -0.2) is 0 Å². The van der Waals surface area contributed by atoms with Gasteiger partial charge in [-0.05, 0) is 24.3 Å². The molecule has 0 aliphatic heterocycles. The van der Waals surface area contributed by atoms with Crippen LogP contribution in [-0.4, -0.2) is 42.8 Å². The van der Waals surface area contributed by atoms with Crippen LogP contribution in [0.3, 0.4) is 0 Å². The van der Waals surface area contributed by atoms with E-state index >= 15 is 0 Å². The van der Waals surface area contributed by atoms with Crippen LogP contribution >= 0.6 is 0 Å². The number of aromatic nitrogens is 3. The number of rotatable bonds is 6. The first-order valence-electron chi connectivity index (χ1n) is 6.44. The lowest BCUT2D eigenvalue weighted by Gasteiger charge is -2.12. The molecule has 22 heavy (non-hydrogen) atoms. The Morgan fingerprint density at radius 1 is 1.05 bits per heavy atom. The number of terminal acetylenes is 1. The van der Waals surface area contributed by atoms with Crippen LogP contribution in [0.4, 0.5) is 5.95 Å². The Bertz CT molecular complexity index is 665. The zero-order valence-electron chi connectivity index (χ0n) is 12.6. The Balaban J connectivity index is 2.16. The van der Waals surface area contributed by atoms with E-state index in [4.69, 9.17) is 20.6 Å². The number of hydrogen-bond acceptors (Lipinski definition) is 7. The lowest BCUT2D eigenvalue weighted by Crippen LogP contribution is -2.14. The van der Waals surface area contributed by atoms with Crippen molar-refractivity contribution in [2.75, 3.05) is 32.7 Å². The van der Waals surface area contributed by atoms with E-state index in [1.165, 1.54) is 7.11 Å². The van der Waals surface area contributed by atoms with Crippen LogP contribution in [0, 0.1) is 12.3 Å². The van der Waals surface area contributed by atoms with Gasteiger partial charge < -0.3 is 19.1 Å². The number of anilines is 1. The van der Waals surface area contributed by atoms with E-state index in [0.29, 0.717) is 17.4 Å². The third-order valence-corrected chi connectivity index (χ3v) is 2.52. The fourth-order valence-corrected chi connectivity index (χ4v) is 1.50. The van der Waals surface area contributed by atoms with Crippen molar-refractivity contribution in [3.8, 4) is 35.9 Å². The highest BCUT2D eigenvalue weighted by Crippen LogP contribution is 2.23. The van der Waals surface area contributed by atoms with Crippen molar-refractivity contribution >= 4 is 5.95 Å². The fourth-order valence-electron chi connectivity index (χ4n) is 1.50. The normalized spacial score (nSPS) is 9.73. The van der Waals surface area contributed by atoms with Crippen LogP contribution in [0.1, 0.15) is 0 Å². The Kier molecular flexibility index (Phi) is 4.98. The average molecular weight is 300 g/mol. The van der Waals surface area contributed by atoms with Crippen LogP contribution in [0.15, 0.2) is 24.3 Å². The van der Waals surface area contributed by atoms with Crippen molar-refractivity contribution < 1.29 is 14.2 Å². The molecule has 0 saturated heterocycles. The van der Waals surface area contributed by atoms with Crippen LogP contribution in [0.2, 0.25) is 0 Å². The van der Waals surface area contributed by atoms with Gasteiger partial charge in [-0.3, -0.25) is 0 Å². The predicted octanol–water partition coefficient (Wildman–Crippen LogP) is 1.75. The Morgan fingerprint density at radius 3 is 2.27 bits per heavy atom. The summed E-state index contributed by atoms with van der Waals surface area (Å²) in [6.45, 7) is 0.219. The highest BCUT2D eigenvalue weighted by atomic mass is 16.5. The van der Waals surface area contributed by atoms with Crippen LogP contribution in [0.5, 0.6) is 23.5 Å². The molecule has 0 N–H and O–H groups in total. The number of benzene rings is 1. The van der Waals surface area contributed by atoms with Crippen molar-refractivity contribution in [1.82, 2.24) is 15.0 Å². The second kappa shape index (κ2) is 7.13. The summed E-state index contributed by atoms with van der Waals surface area (Å²) >= 11 is 0. The largest absolute Gasteiger partial charge is 0.481 e. The SMILES string of the molecule is C#CCOc1ccc(Oc2nc(OC)nc(N(C)C)n2)cc1. The third-order valence-electron chi connectivity index (χ3n) is 2.52. The maximum absolute atomic E-state index is 5.61. The molecule has 0 fully saturated rings. The summed E-state index contributed by atoms with van der Waals surface area (Å²) in [4.78, 5) is 14.1. The third kappa shape index (κ3) is 3.99.